The van der Waals surface area contributed by atoms with Gasteiger partial charge in [0.15, 0.2) is 17.0 Å². The fourth-order valence-corrected chi connectivity index (χ4v) is 5.13. The van der Waals surface area contributed by atoms with Crippen molar-refractivity contribution in [3.63, 3.8) is 0 Å². The number of fused-ring (bicyclic) bond motifs is 2. The topological polar surface area (TPSA) is 217 Å². The summed E-state index contributed by atoms with van der Waals surface area (Å²) in [6.45, 7) is 0.00975. The van der Waals surface area contributed by atoms with Gasteiger partial charge >= 0.3 is 5.97 Å². The average molecular weight is 666 g/mol. The molecule has 4 aromatic rings. The molecule has 4 amide bonds. The number of anilines is 3. The summed E-state index contributed by atoms with van der Waals surface area (Å²) in [6, 6.07) is 7.67. The Labute approximate surface area is 270 Å². The van der Waals surface area contributed by atoms with Crippen LogP contribution >= 0.6 is 23.2 Å². The number of carbonyl (C=O) groups is 5. The van der Waals surface area contributed by atoms with E-state index in [1.807, 2.05) is 0 Å². The Morgan fingerprint density at radius 3 is 2.30 bits per heavy atom. The van der Waals surface area contributed by atoms with Gasteiger partial charge in [-0.05, 0) is 49.2 Å². The molecular formula is C29H25Cl2N9O6. The smallest absolute Gasteiger partial charge is 0.328 e. The van der Waals surface area contributed by atoms with E-state index < -0.39 is 29.7 Å². The third-order valence-electron chi connectivity index (χ3n) is 7.10. The molecule has 1 aliphatic heterocycles. The summed E-state index contributed by atoms with van der Waals surface area (Å²) in [5.74, 6) is -2.34. The molecule has 0 bridgehead atoms. The Morgan fingerprint density at radius 1 is 1.04 bits per heavy atom. The summed E-state index contributed by atoms with van der Waals surface area (Å²) >= 11 is 12.0. The van der Waals surface area contributed by atoms with Crippen molar-refractivity contribution in [1.29, 1.82) is 0 Å². The molecule has 236 valence electrons. The normalized spacial score (nSPS) is 13.0. The van der Waals surface area contributed by atoms with Crippen LogP contribution in [0.5, 0.6) is 0 Å². The van der Waals surface area contributed by atoms with Crippen LogP contribution < -0.4 is 21.7 Å². The number of benzene rings is 2. The molecule has 5 N–H and O–H groups in total. The van der Waals surface area contributed by atoms with E-state index in [0.29, 0.717) is 17.8 Å². The van der Waals surface area contributed by atoms with Gasteiger partial charge in [-0.25, -0.2) is 14.8 Å². The molecule has 3 heterocycles. The van der Waals surface area contributed by atoms with E-state index >= 15 is 0 Å². The highest BCUT2D eigenvalue weighted by Gasteiger charge is 2.36. The summed E-state index contributed by atoms with van der Waals surface area (Å²) in [5, 5.41) is 2.92. The van der Waals surface area contributed by atoms with Gasteiger partial charge in [-0.15, -0.1) is 0 Å². The van der Waals surface area contributed by atoms with Crippen LogP contribution in [-0.2, 0) is 20.9 Å². The molecule has 17 heteroatoms. The third-order valence-corrected chi connectivity index (χ3v) is 7.82. The molecule has 15 nitrogen and oxygen atoms in total. The molecule has 2 aromatic carbocycles. The maximum absolute atomic E-state index is 13.0. The number of carbonyl (C=O) groups excluding carboxylic acids is 5. The molecule has 2 aromatic heterocycles. The zero-order chi connectivity index (χ0) is 33.1. The van der Waals surface area contributed by atoms with Gasteiger partial charge in [-0.3, -0.25) is 24.1 Å². The monoisotopic (exact) mass is 665 g/mol. The largest absolute Gasteiger partial charge is 0.467 e. The number of nitrogen functional groups attached to an aromatic ring is 2. The van der Waals surface area contributed by atoms with Gasteiger partial charge < -0.3 is 26.4 Å². The summed E-state index contributed by atoms with van der Waals surface area (Å²) in [7, 11) is 1.18. The van der Waals surface area contributed by atoms with Crippen LogP contribution in [0.25, 0.3) is 11.2 Å². The van der Waals surface area contributed by atoms with Crippen molar-refractivity contribution in [1.82, 2.24) is 30.2 Å². The Bertz CT molecular complexity index is 1850. The fourth-order valence-electron chi connectivity index (χ4n) is 4.80. The second-order valence-corrected chi connectivity index (χ2v) is 10.9. The number of amides is 4. The Kier molecular flexibility index (Phi) is 9.25. The molecule has 0 radical (unpaired) electrons. The predicted molar refractivity (Wildman–Crippen MR) is 167 cm³/mol. The molecule has 0 fully saturated rings. The van der Waals surface area contributed by atoms with E-state index in [4.69, 9.17) is 39.4 Å². The third kappa shape index (κ3) is 6.50. The average Bonchev–Trinajstić information content (AvgIpc) is 3.26. The molecule has 0 saturated carbocycles. The zero-order valence-corrected chi connectivity index (χ0v) is 25.6. The first-order chi connectivity index (χ1) is 22.0. The minimum atomic E-state index is -1.07. The maximum atomic E-state index is 13.0. The van der Waals surface area contributed by atoms with Crippen molar-refractivity contribution in [3.05, 3.63) is 75.0 Å². The molecule has 0 aliphatic carbocycles. The number of aromatic nitrogens is 4. The van der Waals surface area contributed by atoms with Crippen LogP contribution in [0.2, 0.25) is 10.0 Å². The Morgan fingerprint density at radius 2 is 1.70 bits per heavy atom. The lowest BCUT2D eigenvalue weighted by Gasteiger charge is -2.19. The van der Waals surface area contributed by atoms with E-state index in [0.717, 1.165) is 4.90 Å². The van der Waals surface area contributed by atoms with Gasteiger partial charge in [0.05, 0.1) is 46.7 Å². The lowest BCUT2D eigenvalue weighted by Crippen LogP contribution is -2.42. The van der Waals surface area contributed by atoms with Crippen LogP contribution in [0.4, 0.5) is 17.5 Å². The summed E-state index contributed by atoms with van der Waals surface area (Å²) in [5.41, 5.74) is 13.3. The highest BCUT2D eigenvalue weighted by molar-refractivity contribution is 6.43. The number of nitrogens with zero attached hydrogens (tertiary/aromatic N) is 6. The number of hydrogen-bond acceptors (Lipinski definition) is 12. The Balaban J connectivity index is 1.21. The summed E-state index contributed by atoms with van der Waals surface area (Å²) in [6.07, 6.45) is 2.27. The van der Waals surface area contributed by atoms with Gasteiger partial charge in [0.2, 0.25) is 12.4 Å². The van der Waals surface area contributed by atoms with Gasteiger partial charge in [0.1, 0.15) is 6.04 Å². The number of methoxy groups -OCH3 is 1. The van der Waals surface area contributed by atoms with E-state index in [-0.39, 0.29) is 75.6 Å². The molecule has 0 spiro atoms. The minimum Gasteiger partial charge on any atom is -0.467 e. The first-order valence-electron chi connectivity index (χ1n) is 13.6. The quantitative estimate of drug-likeness (QED) is 0.119. The maximum Gasteiger partial charge on any atom is 0.328 e. The number of hydrogen-bond donors (Lipinski definition) is 3. The second-order valence-electron chi connectivity index (χ2n) is 10.0. The summed E-state index contributed by atoms with van der Waals surface area (Å²) in [4.78, 5) is 81.7. The highest BCUT2D eigenvalue weighted by Crippen LogP contribution is 2.31. The lowest BCUT2D eigenvalue weighted by molar-refractivity contribution is -0.143. The van der Waals surface area contributed by atoms with E-state index in [1.54, 1.807) is 12.1 Å². The van der Waals surface area contributed by atoms with Gasteiger partial charge in [-0.2, -0.15) is 9.97 Å². The van der Waals surface area contributed by atoms with Gasteiger partial charge in [-0.1, -0.05) is 23.2 Å². The van der Waals surface area contributed by atoms with Crippen molar-refractivity contribution in [2.24, 2.45) is 0 Å². The van der Waals surface area contributed by atoms with Crippen LogP contribution in [0.3, 0.4) is 0 Å². The van der Waals surface area contributed by atoms with Gasteiger partial charge in [0.25, 0.3) is 17.7 Å². The van der Waals surface area contributed by atoms with Gasteiger partial charge in [0, 0.05) is 17.8 Å². The minimum absolute atomic E-state index is 0.0174. The fraction of sp³-hybridized carbons (Fsp3) is 0.207. The number of nitrogens with one attached hydrogen (secondary N) is 1. The Hall–Kier alpha value is -5.41. The number of esters is 1. The molecule has 0 unspecified atom stereocenters. The van der Waals surface area contributed by atoms with Crippen molar-refractivity contribution < 1.29 is 28.7 Å². The first-order valence-corrected chi connectivity index (χ1v) is 14.4. The highest BCUT2D eigenvalue weighted by atomic mass is 35.5. The number of rotatable bonds is 11. The lowest BCUT2D eigenvalue weighted by atomic mass is 10.1. The number of imide groups is 1. The number of ether oxygens (including phenoxy) is 1. The standard InChI is InChI=1S/C29H25Cl2N9O6/c1-46-28(45)21(3-2-8-40-26(43)17-9-19(30)20(31)10-18(17)27(40)44)36-25(42)14-4-6-16(7-5-14)39(13-41)12-15-11-34-24-22(35-15)23(32)37-29(33)38-24/h4-7,9-11,13,21H,2-3,8,12H2,1H3,(H,36,42)(H4,32,33,34,37,38)/t21-/m0/s1. The van der Waals surface area contributed by atoms with Crippen LogP contribution in [0.15, 0.2) is 42.6 Å². The number of halogens is 2. The summed E-state index contributed by atoms with van der Waals surface area (Å²) < 4.78 is 4.84. The number of nitrogens with two attached hydrogens (primary N) is 2. The van der Waals surface area contributed by atoms with Crippen LogP contribution in [-0.4, -0.2) is 74.6 Å². The molecule has 0 saturated heterocycles. The molecule has 46 heavy (non-hydrogen) atoms. The van der Waals surface area contributed by atoms with Crippen LogP contribution in [0, 0.1) is 0 Å². The van der Waals surface area contributed by atoms with Crippen molar-refractivity contribution in [2.75, 3.05) is 30.0 Å². The second kappa shape index (κ2) is 13.3. The molecule has 1 atom stereocenters. The predicted octanol–water partition coefficient (Wildman–Crippen LogP) is 2.40. The zero-order valence-electron chi connectivity index (χ0n) is 24.1. The SMILES string of the molecule is COC(=O)[C@H](CCCN1C(=O)c2cc(Cl)c(Cl)cc2C1=O)NC(=O)c1ccc(N(C=O)Cc2cnc3nc(N)nc(N)c3n2)cc1. The van der Waals surface area contributed by atoms with E-state index in [1.165, 1.54) is 42.5 Å². The molecule has 1 aliphatic rings. The molecular weight excluding hydrogens is 641 g/mol. The van der Waals surface area contributed by atoms with E-state index in [9.17, 15) is 24.0 Å². The van der Waals surface area contributed by atoms with Crippen molar-refractivity contribution in [3.8, 4) is 0 Å². The first kappa shape index (κ1) is 32.0. The van der Waals surface area contributed by atoms with Crippen LogP contribution in [0.1, 0.15) is 49.6 Å². The van der Waals surface area contributed by atoms with Crippen molar-refractivity contribution in [2.45, 2.75) is 25.4 Å². The molecule has 5 rings (SSSR count). The van der Waals surface area contributed by atoms with E-state index in [2.05, 4.69) is 25.3 Å². The van der Waals surface area contributed by atoms with Crippen molar-refractivity contribution >= 4 is 81.9 Å².